The molecule has 0 N–H and O–H groups in total. The highest BCUT2D eigenvalue weighted by Gasteiger charge is 2.33. The number of fused-ring (bicyclic) bond motifs is 8. The number of aryl methyl sites for hydroxylation is 12. The van der Waals surface area contributed by atoms with Gasteiger partial charge in [-0.15, -0.1) is 18.8 Å². The second-order valence-corrected chi connectivity index (χ2v) is 23.9. The summed E-state index contributed by atoms with van der Waals surface area (Å²) in [5.74, 6) is 61.8. The normalized spacial score (nSPS) is 10.3. The predicted molar refractivity (Wildman–Crippen MR) is 382 cm³/mol. The van der Waals surface area contributed by atoms with Crippen molar-refractivity contribution in [3.05, 3.63) is 145 Å². The van der Waals surface area contributed by atoms with Gasteiger partial charge in [0.25, 0.3) is 0 Å². The summed E-state index contributed by atoms with van der Waals surface area (Å²) in [6, 6.07) is 0. The van der Waals surface area contributed by atoms with Crippen LogP contribution in [-0.4, -0.2) is 0 Å². The smallest absolute Gasteiger partial charge is 0.0578 e. The van der Waals surface area contributed by atoms with Crippen molar-refractivity contribution in [2.75, 3.05) is 0 Å². The number of terminal acetylenes is 2. The third kappa shape index (κ3) is 9.16. The van der Waals surface area contributed by atoms with Gasteiger partial charge in [-0.25, -0.2) is 0 Å². The molecule has 426 valence electrons. The van der Waals surface area contributed by atoms with E-state index in [9.17, 15) is 0 Å². The Labute approximate surface area is 525 Å². The second-order valence-electron chi connectivity index (χ2n) is 23.9. The Balaban J connectivity index is 1.79. The molecular weight excluding hydrogens is 1060 g/mol. The fourth-order valence-corrected chi connectivity index (χ4v) is 14.6. The van der Waals surface area contributed by atoms with Crippen LogP contribution in [0.2, 0.25) is 0 Å². The maximum atomic E-state index is 6.08. The molecule has 0 heteroatoms. The van der Waals surface area contributed by atoms with E-state index < -0.39 is 0 Å². The lowest BCUT2D eigenvalue weighted by Gasteiger charge is -2.31. The minimum absolute atomic E-state index is 0.569. The molecule has 0 unspecified atom stereocenters. The van der Waals surface area contributed by atoms with Crippen molar-refractivity contribution < 1.29 is 0 Å². The number of hydrogen-bond acceptors (Lipinski definition) is 0. The number of hydrogen-bond donors (Lipinski definition) is 0. The maximum absolute atomic E-state index is 6.08. The molecule has 0 aliphatic carbocycles. The lowest BCUT2D eigenvalue weighted by molar-refractivity contribution is 1.23. The molecule has 0 atom stereocenters. The quantitative estimate of drug-likeness (QED) is 0.0919. The van der Waals surface area contributed by atoms with Crippen LogP contribution in [0.3, 0.4) is 0 Å². The molecule has 0 bridgehead atoms. The van der Waals surface area contributed by atoms with Gasteiger partial charge in [-0.3, -0.25) is 0 Å². The molecule has 0 aliphatic heterocycles. The van der Waals surface area contributed by atoms with Crippen LogP contribution in [0.15, 0.2) is 0 Å². The van der Waals surface area contributed by atoms with Crippen molar-refractivity contribution >= 4 is 64.6 Å². The topological polar surface area (TPSA) is 0 Å². The molecule has 0 nitrogen and oxygen atoms in total. The first-order valence-electron chi connectivity index (χ1n) is 30.1. The van der Waals surface area contributed by atoms with E-state index in [1.807, 2.05) is 6.92 Å². The fourth-order valence-electron chi connectivity index (χ4n) is 14.6. The van der Waals surface area contributed by atoms with Crippen molar-refractivity contribution in [1.29, 1.82) is 0 Å². The van der Waals surface area contributed by atoms with Gasteiger partial charge in [0.1, 0.15) is 0 Å². The minimum Gasteiger partial charge on any atom is -0.106 e. The monoisotopic (exact) mass is 1130 g/mol. The minimum atomic E-state index is 0.569. The van der Waals surface area contributed by atoms with Crippen molar-refractivity contribution in [2.24, 2.45) is 0 Å². The zero-order valence-corrected chi connectivity index (χ0v) is 56.2. The van der Waals surface area contributed by atoms with Crippen LogP contribution in [0.1, 0.15) is 165 Å². The lowest BCUT2D eigenvalue weighted by atomic mass is 9.72. The van der Waals surface area contributed by atoms with Crippen LogP contribution >= 0.6 is 0 Å². The highest BCUT2D eigenvalue weighted by Crippen LogP contribution is 2.57. The molecule has 0 aliphatic rings. The van der Waals surface area contributed by atoms with Crippen LogP contribution < -0.4 is 0 Å². The van der Waals surface area contributed by atoms with E-state index in [1.54, 1.807) is 13.8 Å². The van der Waals surface area contributed by atoms with Gasteiger partial charge < -0.3 is 0 Å². The number of benzene rings is 9. The molecular formula is C88H74. The first-order chi connectivity index (χ1) is 41.9. The summed E-state index contributed by atoms with van der Waals surface area (Å²) < 4.78 is 0. The Morgan fingerprint density at radius 3 is 0.989 bits per heavy atom. The van der Waals surface area contributed by atoms with Crippen LogP contribution in [0, 0.1) is 277 Å². The number of rotatable bonds is 2. The SMILES string of the molecule is C#CC#CC#Cc1c(C#CC#CC#CC)c(C)c2c(-c3c(C)c(C)c(C)c4c(-c5c(C)c6c(C)c(C)c(C)c(C)c6c6c(C)c(C)c(C)c(C)c56)c5c(C)c(C)c(C)c(C)c5c(C)c34)c(C)c3c(C)c(C)c(C#CC)c(C#CC#C)c3c2c1C#CC#CC. The summed E-state index contributed by atoms with van der Waals surface area (Å²) >= 11 is 0. The van der Waals surface area contributed by atoms with Gasteiger partial charge in [0.15, 0.2) is 0 Å². The molecule has 88 heavy (non-hydrogen) atoms. The molecule has 0 spiro atoms. The van der Waals surface area contributed by atoms with Gasteiger partial charge in [0.2, 0.25) is 0 Å². The molecule has 9 rings (SSSR count). The van der Waals surface area contributed by atoms with Gasteiger partial charge in [-0.1, -0.05) is 41.4 Å². The van der Waals surface area contributed by atoms with Gasteiger partial charge in [-0.2, -0.15) is 0 Å². The van der Waals surface area contributed by atoms with Gasteiger partial charge in [-0.05, 0) is 430 Å². The summed E-state index contributed by atoms with van der Waals surface area (Å²) in [4.78, 5) is 0. The summed E-state index contributed by atoms with van der Waals surface area (Å²) in [7, 11) is 0. The molecule has 0 heterocycles. The third-order valence-corrected chi connectivity index (χ3v) is 20.3. The molecule has 9 aromatic carbocycles. The second kappa shape index (κ2) is 23.9. The average Bonchev–Trinajstić information content (AvgIpc) is 0.693. The van der Waals surface area contributed by atoms with E-state index in [2.05, 4.69) is 264 Å². The summed E-state index contributed by atoms with van der Waals surface area (Å²) in [5, 5.41) is 14.1. The van der Waals surface area contributed by atoms with Gasteiger partial charge in [0, 0.05) is 27.5 Å². The van der Waals surface area contributed by atoms with E-state index in [0.29, 0.717) is 16.7 Å². The molecule has 0 aromatic heterocycles. The van der Waals surface area contributed by atoms with Gasteiger partial charge in [0.05, 0.1) is 11.1 Å². The Morgan fingerprint density at radius 2 is 0.466 bits per heavy atom. The van der Waals surface area contributed by atoms with Crippen LogP contribution in [-0.2, 0) is 0 Å². The molecule has 0 saturated carbocycles. The third-order valence-electron chi connectivity index (χ3n) is 20.3. The fraction of sp³-hybridized carbons (Fsp3) is 0.273. The molecule has 0 amide bonds. The zero-order valence-electron chi connectivity index (χ0n) is 56.2. The Morgan fingerprint density at radius 1 is 0.170 bits per heavy atom. The first-order valence-corrected chi connectivity index (χ1v) is 30.1. The molecule has 9 aromatic rings. The van der Waals surface area contributed by atoms with Crippen molar-refractivity contribution in [3.8, 4) is 154 Å². The predicted octanol–water partition coefficient (Wildman–Crippen LogP) is 19.5. The largest absolute Gasteiger partial charge is 0.106 e. The Hall–Kier alpha value is -10.3. The van der Waals surface area contributed by atoms with Crippen LogP contribution in [0.5, 0.6) is 0 Å². The van der Waals surface area contributed by atoms with Crippen molar-refractivity contribution in [1.82, 2.24) is 0 Å². The zero-order chi connectivity index (χ0) is 64.4. The highest BCUT2D eigenvalue weighted by atomic mass is 14.4. The Bertz CT molecular complexity index is 5560. The Kier molecular flexibility index (Phi) is 16.9. The summed E-state index contributed by atoms with van der Waals surface area (Å²) in [6.45, 7) is 54.0. The summed E-state index contributed by atoms with van der Waals surface area (Å²) in [6.07, 6.45) is 11.8. The van der Waals surface area contributed by atoms with E-state index in [1.165, 1.54) is 149 Å². The van der Waals surface area contributed by atoms with Crippen LogP contribution in [0.25, 0.3) is 86.9 Å². The average molecular weight is 1130 g/mol. The van der Waals surface area contributed by atoms with E-state index in [-0.39, 0.29) is 0 Å². The molecule has 0 radical (unpaired) electrons. The molecule has 0 saturated heterocycles. The van der Waals surface area contributed by atoms with Crippen molar-refractivity contribution in [2.45, 2.75) is 166 Å². The lowest BCUT2D eigenvalue weighted by Crippen LogP contribution is -2.08. The van der Waals surface area contributed by atoms with Crippen LogP contribution in [0.4, 0.5) is 0 Å². The van der Waals surface area contributed by atoms with E-state index in [0.717, 1.165) is 66.1 Å². The summed E-state index contributed by atoms with van der Waals surface area (Å²) in [5.41, 5.74) is 34.3. The van der Waals surface area contributed by atoms with Gasteiger partial charge >= 0.3 is 0 Å². The first kappa shape index (κ1) is 62.2. The highest BCUT2D eigenvalue weighted by molar-refractivity contribution is 6.31. The van der Waals surface area contributed by atoms with E-state index >= 15 is 0 Å². The molecule has 0 fully saturated rings. The standard InChI is InChI=1S/C88H74/c1-27-32-36-38-41-44-69-64(23)82-84(67(26)75-63(22)54(13)68(42-31-5)71(43-35-30-4)86(75)87(82)72(46-39-34-29-3)70(69)45-40-37-33-28-2)80-61(20)53(12)62(21)81-83(80)65(24)74-56(15)48(7)50(9)58(17)77(74)88(81)85-66(25)73-55(14)47(6)49(8)57(16)76(73)78-59(18)51(10)52(11)60(19)79(78)85/h2,4H,1,3,5-26H3. The van der Waals surface area contributed by atoms with Crippen molar-refractivity contribution in [3.63, 3.8) is 0 Å². The van der Waals surface area contributed by atoms with E-state index in [4.69, 9.17) is 12.8 Å². The maximum Gasteiger partial charge on any atom is 0.0578 e.